The Bertz CT molecular complexity index is 862. The van der Waals surface area contributed by atoms with E-state index < -0.39 is 0 Å². The van der Waals surface area contributed by atoms with E-state index >= 15 is 0 Å². The minimum absolute atomic E-state index is 0.0112. The van der Waals surface area contributed by atoms with Crippen LogP contribution in [0.4, 0.5) is 0 Å². The van der Waals surface area contributed by atoms with Gasteiger partial charge in [0.2, 0.25) is 0 Å². The maximum absolute atomic E-state index is 12.6. The second-order valence-corrected chi connectivity index (χ2v) is 7.85. The van der Waals surface area contributed by atoms with Gasteiger partial charge in [0.05, 0.1) is 11.7 Å². The van der Waals surface area contributed by atoms with E-state index in [0.717, 1.165) is 54.3 Å². The first-order chi connectivity index (χ1) is 12.5. The average molecular weight is 356 g/mol. The van der Waals surface area contributed by atoms with Crippen molar-refractivity contribution in [2.24, 2.45) is 0 Å². The molecule has 140 valence electrons. The zero-order valence-corrected chi connectivity index (χ0v) is 15.9. The molecule has 3 atom stereocenters. The Morgan fingerprint density at radius 3 is 2.88 bits per heavy atom. The lowest BCUT2D eigenvalue weighted by Gasteiger charge is -2.43. The molecule has 4 rings (SSSR count). The van der Waals surface area contributed by atoms with Gasteiger partial charge in [0.15, 0.2) is 0 Å². The molecule has 2 aliphatic rings. The summed E-state index contributed by atoms with van der Waals surface area (Å²) >= 11 is 0. The van der Waals surface area contributed by atoms with Crippen LogP contribution in [0.25, 0.3) is 10.9 Å². The Kier molecular flexibility index (Phi) is 4.63. The van der Waals surface area contributed by atoms with Gasteiger partial charge in [-0.1, -0.05) is 12.1 Å². The highest BCUT2D eigenvalue weighted by Gasteiger charge is 2.51. The van der Waals surface area contributed by atoms with E-state index in [0.29, 0.717) is 12.6 Å². The van der Waals surface area contributed by atoms with Crippen LogP contribution in [-0.4, -0.2) is 48.4 Å². The van der Waals surface area contributed by atoms with E-state index in [-0.39, 0.29) is 17.3 Å². The molecule has 0 bridgehead atoms. The molecule has 0 unspecified atom stereocenters. The molecule has 2 fully saturated rings. The number of hydrogen-bond donors (Lipinski definition) is 1. The van der Waals surface area contributed by atoms with E-state index in [1.807, 2.05) is 26.2 Å². The van der Waals surface area contributed by atoms with Gasteiger partial charge in [-0.3, -0.25) is 9.69 Å². The Balaban J connectivity index is 1.62. The molecule has 1 aliphatic carbocycles. The second-order valence-electron chi connectivity index (χ2n) is 7.85. The Morgan fingerprint density at radius 1 is 1.27 bits per heavy atom. The smallest absolute Gasteiger partial charge is 0.252 e. The molecule has 2 aromatic rings. The van der Waals surface area contributed by atoms with Crippen molar-refractivity contribution in [2.75, 3.05) is 20.8 Å². The van der Waals surface area contributed by atoms with Crippen molar-refractivity contribution in [1.82, 2.24) is 9.88 Å². The quantitative estimate of drug-likeness (QED) is 0.915. The Hall–Kier alpha value is -1.69. The third kappa shape index (κ3) is 2.98. The van der Waals surface area contributed by atoms with Gasteiger partial charge in [0, 0.05) is 44.4 Å². The normalized spacial score (nSPS) is 29.2. The van der Waals surface area contributed by atoms with Gasteiger partial charge >= 0.3 is 0 Å². The predicted molar refractivity (Wildman–Crippen MR) is 103 cm³/mol. The van der Waals surface area contributed by atoms with Gasteiger partial charge in [-0.15, -0.1) is 0 Å². The molecule has 1 aliphatic heterocycles. The maximum atomic E-state index is 12.6. The van der Waals surface area contributed by atoms with Crippen molar-refractivity contribution >= 4 is 10.9 Å². The topological polar surface area (TPSA) is 54.6 Å². The highest BCUT2D eigenvalue weighted by atomic mass is 16.5. The predicted octanol–water partition coefficient (Wildman–Crippen LogP) is 2.99. The van der Waals surface area contributed by atoms with Crippen LogP contribution in [0.5, 0.6) is 0 Å². The number of methoxy groups -OCH3 is 2. The van der Waals surface area contributed by atoms with Crippen LogP contribution in [-0.2, 0) is 16.0 Å². The summed E-state index contributed by atoms with van der Waals surface area (Å²) in [5, 5.41) is 1.08. The van der Waals surface area contributed by atoms with Crippen molar-refractivity contribution in [3.63, 3.8) is 0 Å². The number of likely N-dealkylation sites (tertiary alicyclic amines) is 1. The molecule has 1 aromatic carbocycles. The second kappa shape index (κ2) is 6.80. The molecule has 26 heavy (non-hydrogen) atoms. The van der Waals surface area contributed by atoms with Crippen LogP contribution < -0.4 is 5.56 Å². The molecule has 0 radical (unpaired) electrons. The summed E-state index contributed by atoms with van der Waals surface area (Å²) in [7, 11) is 3.62. The summed E-state index contributed by atoms with van der Waals surface area (Å²) in [5.41, 5.74) is 2.81. The number of rotatable bonds is 4. The number of nitrogens with zero attached hydrogens (tertiary/aromatic N) is 1. The molecule has 1 N–H and O–H groups in total. The first-order valence-electron chi connectivity index (χ1n) is 9.49. The fraction of sp³-hybridized carbons (Fsp3) is 0.571. The highest BCUT2D eigenvalue weighted by molar-refractivity contribution is 5.79. The Labute approximate surface area is 154 Å². The van der Waals surface area contributed by atoms with Gasteiger partial charge in [-0.2, -0.15) is 0 Å². The summed E-state index contributed by atoms with van der Waals surface area (Å²) in [6.07, 6.45) is 4.34. The van der Waals surface area contributed by atoms with Crippen LogP contribution in [0.3, 0.4) is 0 Å². The number of hydrogen-bond acceptors (Lipinski definition) is 4. The molecule has 1 aromatic heterocycles. The average Bonchev–Trinajstić information content (AvgIpc) is 3.00. The third-order valence-electron chi connectivity index (χ3n) is 6.44. The number of H-pyrrole nitrogens is 1. The minimum atomic E-state index is -0.0875. The molecule has 2 heterocycles. The van der Waals surface area contributed by atoms with E-state index in [1.165, 1.54) is 0 Å². The number of aryl methyl sites for hydroxylation is 1. The zero-order valence-electron chi connectivity index (χ0n) is 15.9. The molecular formula is C21H28N2O3. The monoisotopic (exact) mass is 356 g/mol. The molecule has 0 amide bonds. The first-order valence-corrected chi connectivity index (χ1v) is 9.49. The van der Waals surface area contributed by atoms with E-state index in [2.05, 4.69) is 22.0 Å². The van der Waals surface area contributed by atoms with Gasteiger partial charge in [-0.25, -0.2) is 0 Å². The number of pyridine rings is 1. The summed E-state index contributed by atoms with van der Waals surface area (Å²) in [6.45, 7) is 3.65. The fourth-order valence-electron chi connectivity index (χ4n) is 4.86. The lowest BCUT2D eigenvalue weighted by atomic mass is 9.79. The number of ether oxygens (including phenoxy) is 2. The summed E-state index contributed by atoms with van der Waals surface area (Å²) in [4.78, 5) is 18.1. The van der Waals surface area contributed by atoms with Crippen molar-refractivity contribution in [3.05, 3.63) is 45.7 Å². The van der Waals surface area contributed by atoms with Crippen molar-refractivity contribution in [1.29, 1.82) is 0 Å². The van der Waals surface area contributed by atoms with Gasteiger partial charge < -0.3 is 14.5 Å². The van der Waals surface area contributed by atoms with Crippen molar-refractivity contribution < 1.29 is 9.47 Å². The number of aromatic nitrogens is 1. The molecule has 5 nitrogen and oxygen atoms in total. The molecule has 1 saturated heterocycles. The van der Waals surface area contributed by atoms with E-state index in [1.54, 1.807) is 7.11 Å². The molecular weight excluding hydrogens is 328 g/mol. The van der Waals surface area contributed by atoms with E-state index in [9.17, 15) is 4.79 Å². The lowest BCUT2D eigenvalue weighted by Crippen LogP contribution is -2.51. The summed E-state index contributed by atoms with van der Waals surface area (Å²) in [5.74, 6) is 0. The Morgan fingerprint density at radius 2 is 2.12 bits per heavy atom. The van der Waals surface area contributed by atoms with Gasteiger partial charge in [0.25, 0.3) is 5.56 Å². The number of benzene rings is 1. The largest absolute Gasteiger partial charge is 0.381 e. The highest BCUT2D eigenvalue weighted by Crippen LogP contribution is 2.43. The van der Waals surface area contributed by atoms with Crippen LogP contribution in [0.2, 0.25) is 0 Å². The van der Waals surface area contributed by atoms with Gasteiger partial charge in [0.1, 0.15) is 0 Å². The minimum Gasteiger partial charge on any atom is -0.381 e. The molecule has 1 saturated carbocycles. The SMILES string of the molecule is CO[C@@H]1CC[C@@]2(OC)CCN(Cc3cc4ccc(C)cc4[nH]c3=O)[C@H]2C1. The fourth-order valence-corrected chi connectivity index (χ4v) is 4.86. The number of fused-ring (bicyclic) bond motifs is 2. The van der Waals surface area contributed by atoms with E-state index in [4.69, 9.17) is 9.47 Å². The molecule has 0 spiro atoms. The standard InChI is InChI=1S/C21H28N2O3/c1-14-4-5-15-11-16(20(24)22-18(15)10-14)13-23-9-8-21(26-3)7-6-17(25-2)12-19(21)23/h4-5,10-11,17,19H,6-9,12-13H2,1-3H3,(H,22,24)/t17-,19+,21-/m1/s1. The number of aromatic amines is 1. The summed E-state index contributed by atoms with van der Waals surface area (Å²) in [6, 6.07) is 8.53. The number of nitrogens with one attached hydrogen (secondary N) is 1. The van der Waals surface area contributed by atoms with Crippen LogP contribution >= 0.6 is 0 Å². The zero-order chi connectivity index (χ0) is 18.3. The van der Waals surface area contributed by atoms with Crippen LogP contribution in [0, 0.1) is 6.92 Å². The van der Waals surface area contributed by atoms with Crippen molar-refractivity contribution in [2.45, 2.75) is 56.9 Å². The van der Waals surface area contributed by atoms with Crippen molar-refractivity contribution in [3.8, 4) is 0 Å². The third-order valence-corrected chi connectivity index (χ3v) is 6.44. The van der Waals surface area contributed by atoms with Crippen LogP contribution in [0.1, 0.15) is 36.8 Å². The first kappa shape index (κ1) is 17.7. The maximum Gasteiger partial charge on any atom is 0.252 e. The summed E-state index contributed by atoms with van der Waals surface area (Å²) < 4.78 is 11.6. The molecule has 5 heteroatoms. The lowest BCUT2D eigenvalue weighted by molar-refractivity contribution is -0.0947. The van der Waals surface area contributed by atoms with Crippen LogP contribution in [0.15, 0.2) is 29.1 Å². The van der Waals surface area contributed by atoms with Gasteiger partial charge in [-0.05, 0) is 55.7 Å².